The van der Waals surface area contributed by atoms with Gasteiger partial charge in [-0.25, -0.2) is 14.8 Å². The van der Waals surface area contributed by atoms with Crippen LogP contribution >= 0.6 is 0 Å². The van der Waals surface area contributed by atoms with Crippen molar-refractivity contribution in [2.45, 2.75) is 36.0 Å². The van der Waals surface area contributed by atoms with Crippen LogP contribution < -0.4 is 16.1 Å². The summed E-state index contributed by atoms with van der Waals surface area (Å²) < 4.78 is 31.3. The van der Waals surface area contributed by atoms with Crippen molar-refractivity contribution >= 4 is 22.4 Å². The van der Waals surface area contributed by atoms with Crippen LogP contribution in [0.3, 0.4) is 0 Å². The van der Waals surface area contributed by atoms with E-state index in [-0.39, 0.29) is 34.7 Å². The van der Waals surface area contributed by atoms with Crippen molar-refractivity contribution in [1.29, 1.82) is 5.26 Å². The maximum atomic E-state index is 13.9. The Morgan fingerprint density at radius 3 is 2.97 bits per heavy atom. The third-order valence-corrected chi connectivity index (χ3v) is 6.81. The molecule has 0 bridgehead atoms. The van der Waals surface area contributed by atoms with Gasteiger partial charge in [0.25, 0.3) is 0 Å². The molecule has 3 N–H and O–H groups in total. The molecule has 3 aliphatic heterocycles. The van der Waals surface area contributed by atoms with Crippen LogP contribution in [0.1, 0.15) is 12.8 Å². The number of halogens is 1. The Kier molecular flexibility index (Phi) is 5.83. The third kappa shape index (κ3) is 3.88. The second-order valence-electron chi connectivity index (χ2n) is 7.60. The fourth-order valence-electron chi connectivity index (χ4n) is 4.44. The predicted octanol–water partition coefficient (Wildman–Crippen LogP) is 0.555. The maximum absolute atomic E-state index is 13.9. The van der Waals surface area contributed by atoms with Gasteiger partial charge in [0.15, 0.2) is 0 Å². The van der Waals surface area contributed by atoms with Crippen LogP contribution in [0.15, 0.2) is 23.1 Å². The minimum atomic E-state index is -1.46. The number of hydrogen-bond donors (Lipinski definition) is 3. The van der Waals surface area contributed by atoms with Gasteiger partial charge >= 0.3 is 0 Å². The van der Waals surface area contributed by atoms with E-state index in [1.165, 1.54) is 18.4 Å². The number of hydrazine groups is 1. The van der Waals surface area contributed by atoms with Crippen LogP contribution in [0.4, 0.5) is 10.1 Å². The van der Waals surface area contributed by atoms with E-state index in [1.807, 2.05) is 5.01 Å². The van der Waals surface area contributed by atoms with Crippen LogP contribution in [0, 0.1) is 29.0 Å². The van der Waals surface area contributed by atoms with Crippen molar-refractivity contribution < 1.29 is 18.1 Å². The number of benzene rings is 1. The van der Waals surface area contributed by atoms with E-state index >= 15 is 0 Å². The summed E-state index contributed by atoms with van der Waals surface area (Å²) in [6.07, 6.45) is 2.40. The molecule has 1 amide bonds. The summed E-state index contributed by atoms with van der Waals surface area (Å²) in [5.41, 5.74) is 3.94. The number of carbonyl (C=O) groups excluding carboxylic acids is 1. The number of nitrogens with one attached hydrogen (secondary N) is 3. The highest BCUT2D eigenvalue weighted by atomic mass is 32.2. The van der Waals surface area contributed by atoms with E-state index in [9.17, 15) is 18.7 Å². The van der Waals surface area contributed by atoms with Gasteiger partial charge in [-0.1, -0.05) is 0 Å². The molecule has 0 saturated carbocycles. The first kappa shape index (κ1) is 20.2. The summed E-state index contributed by atoms with van der Waals surface area (Å²) in [5.74, 6) is -1.16. The average molecular weight is 421 g/mol. The van der Waals surface area contributed by atoms with Crippen molar-refractivity contribution in [3.05, 3.63) is 24.0 Å². The molecule has 3 fully saturated rings. The Morgan fingerprint density at radius 1 is 1.38 bits per heavy atom. The SMILES string of the molecule is CS(=O)c1cc(NC2NN([C@H]3COCC[C@@H]3C#N)C3CCNC(=O)C23)ccc1F. The summed E-state index contributed by atoms with van der Waals surface area (Å²) in [4.78, 5) is 12.8. The zero-order valence-corrected chi connectivity index (χ0v) is 16.9. The number of piperidine rings is 1. The molecule has 4 rings (SSSR count). The molecule has 0 radical (unpaired) electrons. The molecule has 156 valence electrons. The van der Waals surface area contributed by atoms with Crippen LogP contribution in [-0.2, 0) is 20.3 Å². The van der Waals surface area contributed by atoms with Crippen molar-refractivity contribution in [1.82, 2.24) is 15.8 Å². The van der Waals surface area contributed by atoms with Gasteiger partial charge in [0.2, 0.25) is 5.91 Å². The summed E-state index contributed by atoms with van der Waals surface area (Å²) in [6, 6.07) is 6.48. The number of fused-ring (bicyclic) bond motifs is 1. The molecular formula is C19H24FN5O3S. The molecule has 0 spiro atoms. The monoisotopic (exact) mass is 421 g/mol. The predicted molar refractivity (Wildman–Crippen MR) is 104 cm³/mol. The molecule has 8 nitrogen and oxygen atoms in total. The van der Waals surface area contributed by atoms with E-state index in [0.29, 0.717) is 31.9 Å². The second-order valence-corrected chi connectivity index (χ2v) is 8.95. The zero-order valence-electron chi connectivity index (χ0n) is 16.1. The Balaban J connectivity index is 1.60. The molecule has 3 heterocycles. The topological polar surface area (TPSA) is 106 Å². The Bertz CT molecular complexity index is 863. The lowest BCUT2D eigenvalue weighted by Crippen LogP contribution is -2.56. The van der Waals surface area contributed by atoms with E-state index in [4.69, 9.17) is 4.74 Å². The van der Waals surface area contributed by atoms with Crippen molar-refractivity contribution in [3.8, 4) is 6.07 Å². The highest BCUT2D eigenvalue weighted by Gasteiger charge is 2.51. The zero-order chi connectivity index (χ0) is 20.5. The molecule has 3 saturated heterocycles. The molecular weight excluding hydrogens is 397 g/mol. The molecule has 1 aromatic carbocycles. The molecule has 1 aromatic rings. The maximum Gasteiger partial charge on any atom is 0.228 e. The Labute approximate surface area is 171 Å². The van der Waals surface area contributed by atoms with Crippen LogP contribution in [-0.4, -0.2) is 59.4 Å². The van der Waals surface area contributed by atoms with Crippen molar-refractivity contribution in [2.24, 2.45) is 11.8 Å². The van der Waals surface area contributed by atoms with Gasteiger partial charge in [-0.05, 0) is 31.0 Å². The van der Waals surface area contributed by atoms with Crippen molar-refractivity contribution in [2.75, 3.05) is 31.3 Å². The largest absolute Gasteiger partial charge is 0.380 e. The van der Waals surface area contributed by atoms with Gasteiger partial charge < -0.3 is 15.4 Å². The van der Waals surface area contributed by atoms with Crippen LogP contribution in [0.2, 0.25) is 0 Å². The first-order valence-corrected chi connectivity index (χ1v) is 11.2. The standard InChI is InChI=1S/C19H24FN5O3S/c1-29(27)16-8-12(2-3-13(16)20)23-18-17-14(4-6-22-19(17)26)25(24-18)15-10-28-7-5-11(15)9-21/h2-3,8,11,14-15,17-18,23-24H,4-7,10H2,1H3,(H,22,26)/t11-,14?,15+,17?,18?,29?/m1/s1. The van der Waals surface area contributed by atoms with Gasteiger partial charge in [-0.15, -0.1) is 0 Å². The number of hydrogen-bond acceptors (Lipinski definition) is 7. The number of ether oxygens (including phenoxy) is 1. The molecule has 0 aliphatic carbocycles. The second kappa shape index (κ2) is 8.36. The molecule has 10 heteroatoms. The van der Waals surface area contributed by atoms with Gasteiger partial charge in [0.1, 0.15) is 12.0 Å². The van der Waals surface area contributed by atoms with E-state index in [0.717, 1.165) is 6.42 Å². The Hall–Kier alpha value is -2.06. The highest BCUT2D eigenvalue weighted by molar-refractivity contribution is 7.84. The molecule has 3 aliphatic rings. The summed E-state index contributed by atoms with van der Waals surface area (Å²) >= 11 is 0. The average Bonchev–Trinajstić information content (AvgIpc) is 3.08. The lowest BCUT2D eigenvalue weighted by molar-refractivity contribution is -0.128. The first-order valence-electron chi connectivity index (χ1n) is 9.68. The summed E-state index contributed by atoms with van der Waals surface area (Å²) in [7, 11) is -1.46. The molecule has 6 atom stereocenters. The lowest BCUT2D eigenvalue weighted by atomic mass is 9.88. The van der Waals surface area contributed by atoms with Crippen LogP contribution in [0.5, 0.6) is 0 Å². The number of carbonyl (C=O) groups is 1. The summed E-state index contributed by atoms with van der Waals surface area (Å²) in [5, 5.41) is 17.7. The van der Waals surface area contributed by atoms with E-state index in [1.54, 1.807) is 6.07 Å². The number of nitriles is 1. The molecule has 4 unspecified atom stereocenters. The fraction of sp³-hybridized carbons (Fsp3) is 0.579. The number of anilines is 1. The summed E-state index contributed by atoms with van der Waals surface area (Å²) in [6.45, 7) is 1.56. The smallest absolute Gasteiger partial charge is 0.228 e. The van der Waals surface area contributed by atoms with Gasteiger partial charge in [0, 0.05) is 31.1 Å². The van der Waals surface area contributed by atoms with Gasteiger partial charge in [-0.3, -0.25) is 9.00 Å². The number of nitrogens with zero attached hydrogens (tertiary/aromatic N) is 2. The minimum Gasteiger partial charge on any atom is -0.380 e. The molecule has 0 aromatic heterocycles. The Morgan fingerprint density at radius 2 is 2.21 bits per heavy atom. The number of rotatable bonds is 4. The van der Waals surface area contributed by atoms with E-state index in [2.05, 4.69) is 22.1 Å². The normalized spacial score (nSPS) is 33.4. The highest BCUT2D eigenvalue weighted by Crippen LogP contribution is 2.34. The minimum absolute atomic E-state index is 0.0691. The number of amides is 1. The third-order valence-electron chi connectivity index (χ3n) is 5.87. The van der Waals surface area contributed by atoms with Crippen LogP contribution in [0.25, 0.3) is 0 Å². The first-order chi connectivity index (χ1) is 14.0. The fourth-order valence-corrected chi connectivity index (χ4v) is 5.08. The van der Waals surface area contributed by atoms with Crippen molar-refractivity contribution in [3.63, 3.8) is 0 Å². The molecule has 29 heavy (non-hydrogen) atoms. The lowest BCUT2D eigenvalue weighted by Gasteiger charge is -2.39. The quantitative estimate of drug-likeness (QED) is 0.652. The van der Waals surface area contributed by atoms with E-state index < -0.39 is 22.8 Å². The van der Waals surface area contributed by atoms with Gasteiger partial charge in [-0.2, -0.15) is 5.26 Å². The van der Waals surface area contributed by atoms with Gasteiger partial charge in [0.05, 0.1) is 46.2 Å².